The molecule has 1 aromatic heterocycles. The largest absolute Gasteiger partial charge is 0.469 e. The number of rotatable bonds is 3. The Kier molecular flexibility index (Phi) is 4.20. The van der Waals surface area contributed by atoms with Crippen molar-refractivity contribution in [1.82, 2.24) is 4.98 Å². The molecule has 1 aliphatic rings. The fourth-order valence-electron chi connectivity index (χ4n) is 2.58. The smallest absolute Gasteiger partial charge is 0.308 e. The first-order valence-corrected chi connectivity index (χ1v) is 7.15. The summed E-state index contributed by atoms with van der Waals surface area (Å²) in [6.45, 7) is 1.76. The van der Waals surface area contributed by atoms with Gasteiger partial charge in [0.15, 0.2) is 0 Å². The van der Waals surface area contributed by atoms with E-state index in [1.54, 1.807) is 6.07 Å². The third-order valence-electron chi connectivity index (χ3n) is 3.72. The standard InChI is InChI=1S/C16H17FN2O3/c1-21-16(20)9-13-10-19(6-7-22-13)15-5-3-11-2-4-12(17)8-14(11)18-15/h2-5,8,13H,6-7,9-10H2,1H3. The van der Waals surface area contributed by atoms with Crippen molar-refractivity contribution >= 4 is 22.7 Å². The monoisotopic (exact) mass is 304 g/mol. The minimum Gasteiger partial charge on any atom is -0.469 e. The Morgan fingerprint density at radius 1 is 1.45 bits per heavy atom. The number of methoxy groups -OCH3 is 1. The second-order valence-electron chi connectivity index (χ2n) is 5.23. The van der Waals surface area contributed by atoms with E-state index in [4.69, 9.17) is 4.74 Å². The number of carbonyl (C=O) groups excluding carboxylic acids is 1. The van der Waals surface area contributed by atoms with Gasteiger partial charge in [0, 0.05) is 24.5 Å². The molecule has 1 aromatic carbocycles. The second-order valence-corrected chi connectivity index (χ2v) is 5.23. The van der Waals surface area contributed by atoms with Crippen molar-refractivity contribution in [3.63, 3.8) is 0 Å². The third kappa shape index (κ3) is 3.17. The number of pyridine rings is 1. The van der Waals surface area contributed by atoms with Crippen molar-refractivity contribution in [2.45, 2.75) is 12.5 Å². The first-order valence-electron chi connectivity index (χ1n) is 7.15. The molecular weight excluding hydrogens is 287 g/mol. The van der Waals surface area contributed by atoms with Crippen LogP contribution < -0.4 is 4.90 Å². The van der Waals surface area contributed by atoms with Crippen molar-refractivity contribution in [3.05, 3.63) is 36.1 Å². The molecule has 1 unspecified atom stereocenters. The van der Waals surface area contributed by atoms with Crippen LogP contribution in [0.25, 0.3) is 10.9 Å². The van der Waals surface area contributed by atoms with Crippen LogP contribution in [0, 0.1) is 5.82 Å². The van der Waals surface area contributed by atoms with Crippen LogP contribution in [0.3, 0.4) is 0 Å². The maximum absolute atomic E-state index is 13.3. The number of aromatic nitrogens is 1. The van der Waals surface area contributed by atoms with E-state index in [0.29, 0.717) is 25.2 Å². The van der Waals surface area contributed by atoms with Crippen LogP contribution in [0.4, 0.5) is 10.2 Å². The highest BCUT2D eigenvalue weighted by Crippen LogP contribution is 2.21. The topological polar surface area (TPSA) is 51.7 Å². The Morgan fingerprint density at radius 2 is 2.27 bits per heavy atom. The van der Waals surface area contributed by atoms with Crippen molar-refractivity contribution in [2.24, 2.45) is 0 Å². The summed E-state index contributed by atoms with van der Waals surface area (Å²) in [7, 11) is 1.36. The van der Waals surface area contributed by atoms with Crippen molar-refractivity contribution in [3.8, 4) is 0 Å². The summed E-state index contributed by atoms with van der Waals surface area (Å²) in [5, 5.41) is 0.893. The minimum atomic E-state index is -0.303. The molecule has 22 heavy (non-hydrogen) atoms. The number of benzene rings is 1. The zero-order valence-electron chi connectivity index (χ0n) is 12.3. The molecule has 1 saturated heterocycles. The van der Waals surface area contributed by atoms with Gasteiger partial charge in [-0.2, -0.15) is 0 Å². The SMILES string of the molecule is COC(=O)CC1CN(c2ccc3ccc(F)cc3n2)CCO1. The third-order valence-corrected chi connectivity index (χ3v) is 3.72. The van der Waals surface area contributed by atoms with Gasteiger partial charge in [0.05, 0.1) is 31.8 Å². The maximum atomic E-state index is 13.3. The Labute approximate surface area is 127 Å². The molecule has 3 rings (SSSR count). The summed E-state index contributed by atoms with van der Waals surface area (Å²) in [6, 6.07) is 8.37. The average molecular weight is 304 g/mol. The Hall–Kier alpha value is -2.21. The summed E-state index contributed by atoms with van der Waals surface area (Å²) >= 11 is 0. The quantitative estimate of drug-likeness (QED) is 0.813. The Bertz CT molecular complexity index is 692. The molecule has 0 amide bonds. The van der Waals surface area contributed by atoms with Crippen molar-refractivity contribution < 1.29 is 18.7 Å². The first-order chi connectivity index (χ1) is 10.7. The predicted octanol–water partition coefficient (Wildman–Crippen LogP) is 2.14. The summed E-state index contributed by atoms with van der Waals surface area (Å²) in [4.78, 5) is 17.9. The molecule has 5 nitrogen and oxygen atoms in total. The van der Waals surface area contributed by atoms with E-state index in [2.05, 4.69) is 9.72 Å². The fourth-order valence-corrected chi connectivity index (χ4v) is 2.58. The van der Waals surface area contributed by atoms with Gasteiger partial charge in [-0.3, -0.25) is 4.79 Å². The van der Waals surface area contributed by atoms with Crippen molar-refractivity contribution in [2.75, 3.05) is 31.7 Å². The van der Waals surface area contributed by atoms with Gasteiger partial charge in [0.1, 0.15) is 11.6 Å². The molecule has 2 aromatic rings. The normalized spacial score (nSPS) is 18.5. The van der Waals surface area contributed by atoms with Gasteiger partial charge in [-0.15, -0.1) is 0 Å². The molecule has 1 aliphatic heterocycles. The van der Waals surface area contributed by atoms with Crippen molar-refractivity contribution in [1.29, 1.82) is 0 Å². The van der Waals surface area contributed by atoms with Crippen LogP contribution in [0.5, 0.6) is 0 Å². The highest BCUT2D eigenvalue weighted by Gasteiger charge is 2.24. The number of ether oxygens (including phenoxy) is 2. The maximum Gasteiger partial charge on any atom is 0.308 e. The number of esters is 1. The molecule has 2 heterocycles. The van der Waals surface area contributed by atoms with Crippen LogP contribution in [0.1, 0.15) is 6.42 Å². The summed E-state index contributed by atoms with van der Waals surface area (Å²) in [5.74, 6) is 0.166. The number of morpholine rings is 1. The van der Waals surface area contributed by atoms with Crippen LogP contribution in [-0.2, 0) is 14.3 Å². The van der Waals surface area contributed by atoms with E-state index < -0.39 is 0 Å². The average Bonchev–Trinajstić information content (AvgIpc) is 2.54. The molecule has 0 spiro atoms. The predicted molar refractivity (Wildman–Crippen MR) is 80.3 cm³/mol. The van der Waals surface area contributed by atoms with Gasteiger partial charge in [-0.1, -0.05) is 0 Å². The number of carbonyl (C=O) groups is 1. The van der Waals surface area contributed by atoms with Gasteiger partial charge in [-0.05, 0) is 24.3 Å². The molecular formula is C16H17FN2O3. The van der Waals surface area contributed by atoms with E-state index >= 15 is 0 Å². The lowest BCUT2D eigenvalue weighted by Crippen LogP contribution is -2.43. The van der Waals surface area contributed by atoms with Crippen LogP contribution in [0.15, 0.2) is 30.3 Å². The zero-order valence-corrected chi connectivity index (χ0v) is 12.3. The minimum absolute atomic E-state index is 0.216. The van der Waals surface area contributed by atoms with Crippen LogP contribution in [0.2, 0.25) is 0 Å². The van der Waals surface area contributed by atoms with Crippen LogP contribution >= 0.6 is 0 Å². The van der Waals surface area contributed by atoms with Gasteiger partial charge in [-0.25, -0.2) is 9.37 Å². The molecule has 0 saturated carbocycles. The number of hydrogen-bond acceptors (Lipinski definition) is 5. The molecule has 0 bridgehead atoms. The summed E-state index contributed by atoms with van der Waals surface area (Å²) in [5.41, 5.74) is 0.619. The van der Waals surface area contributed by atoms with Gasteiger partial charge < -0.3 is 14.4 Å². The number of nitrogens with zero attached hydrogens (tertiary/aromatic N) is 2. The molecule has 0 aliphatic carbocycles. The number of fused-ring (bicyclic) bond motifs is 1. The van der Waals surface area contributed by atoms with E-state index in [9.17, 15) is 9.18 Å². The fraction of sp³-hybridized carbons (Fsp3) is 0.375. The van der Waals surface area contributed by atoms with Gasteiger partial charge in [0.25, 0.3) is 0 Å². The molecule has 6 heteroatoms. The number of anilines is 1. The van der Waals surface area contributed by atoms with E-state index in [-0.39, 0.29) is 24.3 Å². The van der Waals surface area contributed by atoms with Gasteiger partial charge in [0.2, 0.25) is 0 Å². The highest BCUT2D eigenvalue weighted by atomic mass is 19.1. The number of halogens is 1. The Morgan fingerprint density at radius 3 is 3.09 bits per heavy atom. The summed E-state index contributed by atoms with van der Waals surface area (Å²) < 4.78 is 23.6. The molecule has 0 radical (unpaired) electrons. The molecule has 1 fully saturated rings. The lowest BCUT2D eigenvalue weighted by Gasteiger charge is -2.33. The lowest BCUT2D eigenvalue weighted by atomic mass is 10.2. The number of hydrogen-bond donors (Lipinski definition) is 0. The van der Waals surface area contributed by atoms with Crippen LogP contribution in [-0.4, -0.2) is 43.9 Å². The zero-order chi connectivity index (χ0) is 15.5. The van der Waals surface area contributed by atoms with Gasteiger partial charge >= 0.3 is 5.97 Å². The van der Waals surface area contributed by atoms with E-state index in [1.807, 2.05) is 17.0 Å². The molecule has 116 valence electrons. The highest BCUT2D eigenvalue weighted by molar-refractivity contribution is 5.80. The molecule has 0 N–H and O–H groups in total. The lowest BCUT2D eigenvalue weighted by molar-refractivity contribution is -0.144. The molecule has 1 atom stereocenters. The summed E-state index contributed by atoms with van der Waals surface area (Å²) in [6.07, 6.45) is 0.000994. The second kappa shape index (κ2) is 6.27. The van der Waals surface area contributed by atoms with E-state index in [1.165, 1.54) is 19.2 Å². The first kappa shape index (κ1) is 14.7. The van der Waals surface area contributed by atoms with E-state index in [0.717, 1.165) is 11.2 Å². The Balaban J connectivity index is 1.79.